The highest BCUT2D eigenvalue weighted by atomic mass is 35.5. The number of furan rings is 1. The van der Waals surface area contributed by atoms with E-state index < -0.39 is 0 Å². The Labute approximate surface area is 74.1 Å². The van der Waals surface area contributed by atoms with E-state index in [0.29, 0.717) is 17.7 Å². The molecule has 0 bridgehead atoms. The summed E-state index contributed by atoms with van der Waals surface area (Å²) in [7, 11) is 0. The van der Waals surface area contributed by atoms with Crippen LogP contribution in [0.1, 0.15) is 21.7 Å². The molecule has 0 aliphatic rings. The maximum absolute atomic E-state index is 10.3. The molecular formula is C7H6Cl2O2. The number of halogens is 2. The van der Waals surface area contributed by atoms with Gasteiger partial charge >= 0.3 is 0 Å². The van der Waals surface area contributed by atoms with Gasteiger partial charge in [0.15, 0.2) is 12.0 Å². The Hall–Kier alpha value is -0.470. The Morgan fingerprint density at radius 3 is 2.64 bits per heavy atom. The molecule has 1 rings (SSSR count). The standard InChI is InChI=1S/C7H6Cl2O2/c8-1-5-4-11-7(3-10)6(5)2-9/h3-4H,1-2H2. The third-order valence-corrected chi connectivity index (χ3v) is 1.95. The molecule has 4 heteroatoms. The van der Waals surface area contributed by atoms with Crippen molar-refractivity contribution >= 4 is 29.5 Å². The summed E-state index contributed by atoms with van der Waals surface area (Å²) in [5, 5.41) is 0. The van der Waals surface area contributed by atoms with Crippen molar-refractivity contribution in [3.63, 3.8) is 0 Å². The lowest BCUT2D eigenvalue weighted by molar-refractivity contribution is 0.109. The summed E-state index contributed by atoms with van der Waals surface area (Å²) in [5.41, 5.74) is 1.47. The van der Waals surface area contributed by atoms with Gasteiger partial charge in [0.05, 0.1) is 18.0 Å². The molecule has 0 aliphatic carbocycles. The van der Waals surface area contributed by atoms with Crippen molar-refractivity contribution < 1.29 is 9.21 Å². The highest BCUT2D eigenvalue weighted by Crippen LogP contribution is 2.19. The molecule has 0 aromatic carbocycles. The van der Waals surface area contributed by atoms with E-state index in [4.69, 9.17) is 27.6 Å². The number of alkyl halides is 2. The van der Waals surface area contributed by atoms with Crippen LogP contribution < -0.4 is 0 Å². The fourth-order valence-electron chi connectivity index (χ4n) is 0.798. The monoisotopic (exact) mass is 192 g/mol. The van der Waals surface area contributed by atoms with Gasteiger partial charge in [0.1, 0.15) is 0 Å². The normalized spacial score (nSPS) is 10.0. The molecule has 0 aliphatic heterocycles. The molecule has 0 unspecified atom stereocenters. The summed E-state index contributed by atoms with van der Waals surface area (Å²) in [6.07, 6.45) is 2.09. The summed E-state index contributed by atoms with van der Waals surface area (Å²) < 4.78 is 4.89. The number of carbonyl (C=O) groups excluding carboxylic acids is 1. The SMILES string of the molecule is O=Cc1occ(CCl)c1CCl. The maximum atomic E-state index is 10.3. The van der Waals surface area contributed by atoms with E-state index in [2.05, 4.69) is 0 Å². The number of hydrogen-bond donors (Lipinski definition) is 0. The molecule has 0 saturated heterocycles. The van der Waals surface area contributed by atoms with Crippen molar-refractivity contribution in [2.24, 2.45) is 0 Å². The Morgan fingerprint density at radius 1 is 1.45 bits per heavy atom. The van der Waals surface area contributed by atoms with Gasteiger partial charge in [-0.25, -0.2) is 0 Å². The zero-order chi connectivity index (χ0) is 8.27. The third-order valence-electron chi connectivity index (χ3n) is 1.40. The van der Waals surface area contributed by atoms with Gasteiger partial charge in [-0.1, -0.05) is 0 Å². The minimum absolute atomic E-state index is 0.257. The number of carbonyl (C=O) groups is 1. The first-order chi connectivity index (χ1) is 5.33. The molecule has 1 aromatic rings. The van der Waals surface area contributed by atoms with Gasteiger partial charge in [-0.05, 0) is 0 Å². The van der Waals surface area contributed by atoms with Gasteiger partial charge in [-0.15, -0.1) is 23.2 Å². The predicted octanol–water partition coefficient (Wildman–Crippen LogP) is 2.57. The first-order valence-corrected chi connectivity index (χ1v) is 4.06. The van der Waals surface area contributed by atoms with Crippen molar-refractivity contribution in [3.8, 4) is 0 Å². The summed E-state index contributed by atoms with van der Waals surface area (Å²) in [4.78, 5) is 10.3. The lowest BCUT2D eigenvalue weighted by Crippen LogP contribution is -1.86. The molecule has 1 heterocycles. The molecule has 11 heavy (non-hydrogen) atoms. The summed E-state index contributed by atoms with van der Waals surface area (Å²) in [6, 6.07) is 0. The van der Waals surface area contributed by atoms with E-state index >= 15 is 0 Å². The van der Waals surface area contributed by atoms with Crippen molar-refractivity contribution in [3.05, 3.63) is 23.2 Å². The third kappa shape index (κ3) is 1.57. The van der Waals surface area contributed by atoms with Crippen LogP contribution in [0.5, 0.6) is 0 Å². The van der Waals surface area contributed by atoms with Crippen LogP contribution in [0.25, 0.3) is 0 Å². The summed E-state index contributed by atoms with van der Waals surface area (Å²) >= 11 is 11.1. The molecule has 0 amide bonds. The quantitative estimate of drug-likeness (QED) is 0.545. The van der Waals surface area contributed by atoms with E-state index in [0.717, 1.165) is 5.56 Å². The Balaban J connectivity index is 3.08. The maximum Gasteiger partial charge on any atom is 0.185 e. The van der Waals surface area contributed by atoms with E-state index in [-0.39, 0.29) is 11.6 Å². The lowest BCUT2D eigenvalue weighted by Gasteiger charge is -1.91. The van der Waals surface area contributed by atoms with E-state index in [9.17, 15) is 4.79 Å². The summed E-state index contributed by atoms with van der Waals surface area (Å²) in [6.45, 7) is 0. The van der Waals surface area contributed by atoms with E-state index in [1.54, 1.807) is 0 Å². The first-order valence-electron chi connectivity index (χ1n) is 2.99. The first kappa shape index (κ1) is 8.62. The van der Waals surface area contributed by atoms with Crippen molar-refractivity contribution in [1.29, 1.82) is 0 Å². The number of rotatable bonds is 3. The van der Waals surface area contributed by atoms with Crippen LogP contribution in [-0.2, 0) is 11.8 Å². The molecule has 2 nitrogen and oxygen atoms in total. The molecule has 0 N–H and O–H groups in total. The van der Waals surface area contributed by atoms with Gasteiger partial charge in [0, 0.05) is 11.1 Å². The zero-order valence-corrected chi connectivity index (χ0v) is 7.15. The number of aldehydes is 1. The second-order valence-corrected chi connectivity index (χ2v) is 2.52. The van der Waals surface area contributed by atoms with E-state index in [1.165, 1.54) is 6.26 Å². The van der Waals surface area contributed by atoms with Crippen LogP contribution in [-0.4, -0.2) is 6.29 Å². The second kappa shape index (κ2) is 3.79. The van der Waals surface area contributed by atoms with Crippen LogP contribution in [0.2, 0.25) is 0 Å². The smallest absolute Gasteiger partial charge is 0.185 e. The second-order valence-electron chi connectivity index (χ2n) is 1.99. The van der Waals surface area contributed by atoms with Crippen LogP contribution in [0.3, 0.4) is 0 Å². The molecule has 0 atom stereocenters. The fourth-order valence-corrected chi connectivity index (χ4v) is 1.33. The van der Waals surface area contributed by atoms with Gasteiger partial charge in [-0.2, -0.15) is 0 Å². The van der Waals surface area contributed by atoms with Gasteiger partial charge in [0.25, 0.3) is 0 Å². The molecule has 0 radical (unpaired) electrons. The Bertz CT molecular complexity index is 255. The van der Waals surface area contributed by atoms with Crippen LogP contribution >= 0.6 is 23.2 Å². The van der Waals surface area contributed by atoms with Crippen molar-refractivity contribution in [2.45, 2.75) is 11.8 Å². The average Bonchev–Trinajstić information content (AvgIpc) is 2.45. The molecule has 0 fully saturated rings. The van der Waals surface area contributed by atoms with E-state index in [1.807, 2.05) is 0 Å². The fraction of sp³-hybridized carbons (Fsp3) is 0.286. The molecule has 60 valence electrons. The number of hydrogen-bond acceptors (Lipinski definition) is 2. The van der Waals surface area contributed by atoms with Gasteiger partial charge < -0.3 is 4.42 Å². The molecule has 1 aromatic heterocycles. The largest absolute Gasteiger partial charge is 0.461 e. The molecular weight excluding hydrogens is 187 g/mol. The minimum atomic E-state index is 0.257. The van der Waals surface area contributed by atoms with Gasteiger partial charge in [-0.3, -0.25) is 4.79 Å². The van der Waals surface area contributed by atoms with Crippen molar-refractivity contribution in [1.82, 2.24) is 0 Å². The minimum Gasteiger partial charge on any atom is -0.461 e. The molecule has 0 saturated carbocycles. The van der Waals surface area contributed by atoms with Crippen LogP contribution in [0, 0.1) is 0 Å². The lowest BCUT2D eigenvalue weighted by atomic mass is 10.2. The topological polar surface area (TPSA) is 30.2 Å². The van der Waals surface area contributed by atoms with Crippen LogP contribution in [0.4, 0.5) is 0 Å². The summed E-state index contributed by atoms with van der Waals surface area (Å²) in [5.74, 6) is 0.849. The zero-order valence-electron chi connectivity index (χ0n) is 5.64. The Kier molecular flexibility index (Phi) is 2.97. The van der Waals surface area contributed by atoms with Gasteiger partial charge in [0.2, 0.25) is 0 Å². The molecule has 0 spiro atoms. The highest BCUT2D eigenvalue weighted by Gasteiger charge is 2.10. The van der Waals surface area contributed by atoms with Crippen molar-refractivity contribution in [2.75, 3.05) is 0 Å². The average molecular weight is 193 g/mol. The van der Waals surface area contributed by atoms with Crippen LogP contribution in [0.15, 0.2) is 10.7 Å². The predicted molar refractivity (Wildman–Crippen MR) is 43.2 cm³/mol. The highest BCUT2D eigenvalue weighted by molar-refractivity contribution is 6.19. The Morgan fingerprint density at radius 2 is 2.18 bits per heavy atom.